The number of hydrogen-bond donors (Lipinski definition) is 1. The number of imide groups is 2. The quantitative estimate of drug-likeness (QED) is 0.493. The Hall–Kier alpha value is -3.03. The van der Waals surface area contributed by atoms with Crippen molar-refractivity contribution < 1.29 is 23.9 Å². The molecule has 1 N–H and O–H groups in total. The van der Waals surface area contributed by atoms with Crippen LogP contribution in [0.5, 0.6) is 11.5 Å². The highest BCUT2D eigenvalue weighted by Gasteiger charge is 2.37. The Morgan fingerprint density at radius 3 is 2.42 bits per heavy atom. The number of anilines is 1. The number of carbonyl (C=O) groups is 3. The van der Waals surface area contributed by atoms with Gasteiger partial charge in [0.25, 0.3) is 11.8 Å². The second kappa shape index (κ2) is 9.41. The summed E-state index contributed by atoms with van der Waals surface area (Å²) in [5.74, 6) is -0.832. The average molecular weight is 463 g/mol. The van der Waals surface area contributed by atoms with Crippen LogP contribution in [0.2, 0.25) is 10.0 Å². The zero-order valence-electron chi connectivity index (χ0n) is 17.1. The van der Waals surface area contributed by atoms with Gasteiger partial charge in [-0.25, -0.2) is 9.69 Å². The maximum Gasteiger partial charge on any atom is 0.335 e. The van der Waals surface area contributed by atoms with E-state index >= 15 is 0 Å². The number of nitrogens with one attached hydrogen (secondary N) is 1. The number of urea groups is 1. The van der Waals surface area contributed by atoms with Gasteiger partial charge in [0.2, 0.25) is 0 Å². The fraction of sp³-hybridized carbons (Fsp3) is 0.227. The lowest BCUT2D eigenvalue weighted by Gasteiger charge is -2.27. The van der Waals surface area contributed by atoms with Crippen molar-refractivity contribution in [3.8, 4) is 11.5 Å². The van der Waals surface area contributed by atoms with Crippen molar-refractivity contribution in [1.82, 2.24) is 5.32 Å². The van der Waals surface area contributed by atoms with Gasteiger partial charge in [0.1, 0.15) is 5.57 Å². The maximum absolute atomic E-state index is 13.1. The molecule has 2 aromatic rings. The Labute approximate surface area is 189 Å². The maximum atomic E-state index is 13.1. The van der Waals surface area contributed by atoms with Crippen molar-refractivity contribution in [2.75, 3.05) is 18.1 Å². The molecule has 0 unspecified atom stereocenters. The third-order valence-corrected chi connectivity index (χ3v) is 5.20. The molecule has 0 atom stereocenters. The van der Waals surface area contributed by atoms with Gasteiger partial charge >= 0.3 is 6.03 Å². The van der Waals surface area contributed by atoms with E-state index in [-0.39, 0.29) is 16.3 Å². The van der Waals surface area contributed by atoms with Crippen molar-refractivity contribution in [2.45, 2.75) is 20.8 Å². The molecule has 7 nitrogen and oxygen atoms in total. The molecule has 4 amide bonds. The Morgan fingerprint density at radius 1 is 1.03 bits per heavy atom. The van der Waals surface area contributed by atoms with Gasteiger partial charge in [0.05, 0.1) is 23.9 Å². The summed E-state index contributed by atoms with van der Waals surface area (Å²) >= 11 is 12.5. The van der Waals surface area contributed by atoms with E-state index in [1.54, 1.807) is 37.3 Å². The summed E-state index contributed by atoms with van der Waals surface area (Å²) in [6, 6.07) is 7.15. The SMILES string of the molecule is CCOc1cc(/C=C2\C(=O)NC(=O)N(c3cccc(Cl)c3C)C2=O)cc(Cl)c1OCC. The molecule has 3 rings (SSSR count). The molecule has 0 saturated carbocycles. The van der Waals surface area contributed by atoms with Gasteiger partial charge < -0.3 is 9.47 Å². The first-order valence-electron chi connectivity index (χ1n) is 9.54. The predicted octanol–water partition coefficient (Wildman–Crippen LogP) is 4.77. The van der Waals surface area contributed by atoms with E-state index in [1.807, 2.05) is 13.8 Å². The minimum absolute atomic E-state index is 0.235. The van der Waals surface area contributed by atoms with Crippen LogP contribution in [0.1, 0.15) is 25.0 Å². The van der Waals surface area contributed by atoms with E-state index in [4.69, 9.17) is 32.7 Å². The van der Waals surface area contributed by atoms with Crippen molar-refractivity contribution in [1.29, 1.82) is 0 Å². The normalized spacial score (nSPS) is 15.3. The summed E-state index contributed by atoms with van der Waals surface area (Å²) in [5, 5.41) is 2.84. The van der Waals surface area contributed by atoms with Crippen molar-refractivity contribution in [3.63, 3.8) is 0 Å². The Bertz CT molecular complexity index is 1100. The van der Waals surface area contributed by atoms with Gasteiger partial charge in [-0.2, -0.15) is 0 Å². The highest BCUT2D eigenvalue weighted by Crippen LogP contribution is 2.37. The molecule has 1 aliphatic heterocycles. The van der Waals surface area contributed by atoms with E-state index in [0.29, 0.717) is 40.9 Å². The number of barbiturate groups is 1. The van der Waals surface area contributed by atoms with Crippen LogP contribution >= 0.6 is 23.2 Å². The molecule has 2 aromatic carbocycles. The van der Waals surface area contributed by atoms with E-state index in [9.17, 15) is 14.4 Å². The molecule has 9 heteroatoms. The van der Waals surface area contributed by atoms with Crippen LogP contribution in [-0.2, 0) is 9.59 Å². The highest BCUT2D eigenvalue weighted by atomic mass is 35.5. The van der Waals surface area contributed by atoms with Gasteiger partial charge in [-0.3, -0.25) is 14.9 Å². The number of rotatable bonds is 6. The summed E-state index contributed by atoms with van der Waals surface area (Å²) in [6.07, 6.45) is 1.35. The van der Waals surface area contributed by atoms with Crippen molar-refractivity contribution >= 4 is 52.8 Å². The molecule has 1 heterocycles. The number of amides is 4. The molecule has 31 heavy (non-hydrogen) atoms. The molecule has 0 aliphatic carbocycles. The zero-order chi connectivity index (χ0) is 22.7. The Morgan fingerprint density at radius 2 is 1.74 bits per heavy atom. The van der Waals surface area contributed by atoms with Crippen LogP contribution in [0.3, 0.4) is 0 Å². The fourth-order valence-corrected chi connectivity index (χ4v) is 3.54. The molecule has 0 spiro atoms. The molecule has 0 radical (unpaired) electrons. The number of benzene rings is 2. The molecular formula is C22H20Cl2N2O5. The molecular weight excluding hydrogens is 443 g/mol. The Kier molecular flexibility index (Phi) is 6.87. The summed E-state index contributed by atoms with van der Waals surface area (Å²) in [4.78, 5) is 38.9. The number of hydrogen-bond acceptors (Lipinski definition) is 5. The fourth-order valence-electron chi connectivity index (χ4n) is 3.10. The number of halogens is 2. The van der Waals surface area contributed by atoms with E-state index in [1.165, 1.54) is 6.08 Å². The molecule has 1 fully saturated rings. The van der Waals surface area contributed by atoms with Gasteiger partial charge in [0.15, 0.2) is 11.5 Å². The number of carbonyl (C=O) groups excluding carboxylic acids is 3. The van der Waals surface area contributed by atoms with Crippen LogP contribution < -0.4 is 19.7 Å². The lowest BCUT2D eigenvalue weighted by molar-refractivity contribution is -0.122. The lowest BCUT2D eigenvalue weighted by atomic mass is 10.1. The minimum atomic E-state index is -0.850. The second-order valence-electron chi connectivity index (χ2n) is 6.54. The van der Waals surface area contributed by atoms with Crippen LogP contribution in [0.25, 0.3) is 6.08 Å². The topological polar surface area (TPSA) is 84.9 Å². The van der Waals surface area contributed by atoms with E-state index in [2.05, 4.69) is 5.32 Å². The molecule has 0 bridgehead atoms. The van der Waals surface area contributed by atoms with Gasteiger partial charge in [0, 0.05) is 5.02 Å². The van der Waals surface area contributed by atoms with Crippen LogP contribution in [-0.4, -0.2) is 31.1 Å². The first kappa shape index (κ1) is 22.7. The smallest absolute Gasteiger partial charge is 0.335 e. The minimum Gasteiger partial charge on any atom is -0.490 e. The van der Waals surface area contributed by atoms with Crippen molar-refractivity contribution in [3.05, 3.63) is 57.1 Å². The standard InChI is InChI=1S/C22H20Cl2N2O5/c1-4-30-18-11-13(10-16(24)19(18)31-5-2)9-14-20(27)25-22(29)26(21(14)28)17-8-6-7-15(23)12(17)3/h6-11H,4-5H2,1-3H3,(H,25,27,29)/b14-9+. The lowest BCUT2D eigenvalue weighted by Crippen LogP contribution is -2.54. The van der Waals surface area contributed by atoms with E-state index in [0.717, 1.165) is 4.90 Å². The summed E-state index contributed by atoms with van der Waals surface area (Å²) in [7, 11) is 0. The summed E-state index contributed by atoms with van der Waals surface area (Å²) in [6.45, 7) is 6.06. The third kappa shape index (κ3) is 4.52. The number of ether oxygens (including phenoxy) is 2. The summed E-state index contributed by atoms with van der Waals surface area (Å²) < 4.78 is 11.1. The number of nitrogens with zero attached hydrogens (tertiary/aromatic N) is 1. The predicted molar refractivity (Wildman–Crippen MR) is 119 cm³/mol. The van der Waals surface area contributed by atoms with Gasteiger partial charge in [-0.05, 0) is 62.2 Å². The molecule has 1 saturated heterocycles. The first-order valence-corrected chi connectivity index (χ1v) is 10.3. The summed E-state index contributed by atoms with van der Waals surface area (Å²) in [5.41, 5.74) is 1.02. The van der Waals surface area contributed by atoms with E-state index < -0.39 is 17.8 Å². The second-order valence-corrected chi connectivity index (χ2v) is 7.35. The van der Waals surface area contributed by atoms with Crippen LogP contribution in [0.4, 0.5) is 10.5 Å². The van der Waals surface area contributed by atoms with Gasteiger partial charge in [-0.15, -0.1) is 0 Å². The van der Waals surface area contributed by atoms with Gasteiger partial charge in [-0.1, -0.05) is 29.3 Å². The molecule has 0 aromatic heterocycles. The first-order chi connectivity index (χ1) is 14.8. The highest BCUT2D eigenvalue weighted by molar-refractivity contribution is 6.40. The average Bonchev–Trinajstić information content (AvgIpc) is 2.71. The van der Waals surface area contributed by atoms with Crippen LogP contribution in [0, 0.1) is 6.92 Å². The molecule has 1 aliphatic rings. The van der Waals surface area contributed by atoms with Crippen molar-refractivity contribution in [2.24, 2.45) is 0 Å². The third-order valence-electron chi connectivity index (χ3n) is 4.51. The molecule has 162 valence electrons. The largest absolute Gasteiger partial charge is 0.490 e. The monoisotopic (exact) mass is 462 g/mol. The Balaban J connectivity index is 2.07. The zero-order valence-corrected chi connectivity index (χ0v) is 18.6. The van der Waals surface area contributed by atoms with Crippen LogP contribution in [0.15, 0.2) is 35.9 Å².